The summed E-state index contributed by atoms with van der Waals surface area (Å²) in [4.78, 5) is 36.2. The predicted molar refractivity (Wildman–Crippen MR) is 153 cm³/mol. The van der Waals surface area contributed by atoms with Crippen LogP contribution < -0.4 is 19.7 Å². The van der Waals surface area contributed by atoms with Crippen LogP contribution in [0.5, 0.6) is 11.6 Å². The minimum absolute atomic E-state index is 0.0134. The third kappa shape index (κ3) is 6.30. The molecule has 0 saturated heterocycles. The molecule has 2 fully saturated rings. The van der Waals surface area contributed by atoms with E-state index in [0.717, 1.165) is 38.3 Å². The molecule has 3 aromatic heterocycles. The van der Waals surface area contributed by atoms with Gasteiger partial charge < -0.3 is 29.2 Å². The minimum Gasteiger partial charge on any atom is -0.483 e. The van der Waals surface area contributed by atoms with Crippen molar-refractivity contribution in [3.8, 4) is 11.6 Å². The van der Waals surface area contributed by atoms with E-state index in [0.29, 0.717) is 22.8 Å². The van der Waals surface area contributed by atoms with Gasteiger partial charge in [-0.15, -0.1) is 0 Å². The van der Waals surface area contributed by atoms with Crippen LogP contribution in [-0.2, 0) is 16.0 Å². The van der Waals surface area contributed by atoms with Gasteiger partial charge in [-0.2, -0.15) is 5.10 Å². The van der Waals surface area contributed by atoms with Gasteiger partial charge in [0, 0.05) is 5.56 Å². The molecule has 0 unspecified atom stereocenters. The first-order valence-electron chi connectivity index (χ1n) is 14.8. The molecule has 1 N–H and O–H groups in total. The van der Waals surface area contributed by atoms with Crippen molar-refractivity contribution in [2.45, 2.75) is 90.1 Å². The summed E-state index contributed by atoms with van der Waals surface area (Å²) in [7, 11) is 0. The van der Waals surface area contributed by atoms with Gasteiger partial charge in [0.15, 0.2) is 17.2 Å². The van der Waals surface area contributed by atoms with Gasteiger partial charge in [-0.05, 0) is 71.8 Å². The zero-order valence-corrected chi connectivity index (χ0v) is 24.8. The summed E-state index contributed by atoms with van der Waals surface area (Å²) in [5.41, 5.74) is 0.506. The molecule has 0 spiro atoms. The Morgan fingerprint density at radius 1 is 1.21 bits per heavy atom. The summed E-state index contributed by atoms with van der Waals surface area (Å²) in [6.07, 6.45) is 8.35. The Balaban J connectivity index is 1.28. The lowest BCUT2D eigenvalue weighted by atomic mass is 10.1. The highest BCUT2D eigenvalue weighted by Gasteiger charge is 2.41. The normalized spacial score (nSPS) is 20.2. The molecule has 12 nitrogen and oxygen atoms in total. The first kappa shape index (κ1) is 28.9. The molecule has 0 radical (unpaired) electrons. The summed E-state index contributed by atoms with van der Waals surface area (Å²) in [5, 5.41) is 7.21. The fourth-order valence-electron chi connectivity index (χ4n) is 5.76. The van der Waals surface area contributed by atoms with Crippen molar-refractivity contribution in [3.63, 3.8) is 0 Å². The number of hydrogen-bond donors (Lipinski definition) is 1. The third-order valence-corrected chi connectivity index (χ3v) is 7.83. The number of ether oxygens (including phenoxy) is 4. The van der Waals surface area contributed by atoms with Gasteiger partial charge in [-0.3, -0.25) is 0 Å². The number of pyridine rings is 1. The lowest BCUT2D eigenvalue weighted by Gasteiger charge is -2.39. The fourth-order valence-corrected chi connectivity index (χ4v) is 5.76. The number of rotatable bonds is 9. The van der Waals surface area contributed by atoms with E-state index in [1.165, 1.54) is 16.8 Å². The first-order valence-corrected chi connectivity index (χ1v) is 14.8. The van der Waals surface area contributed by atoms with E-state index in [2.05, 4.69) is 20.3 Å². The number of fused-ring (bicyclic) bond motifs is 3. The molecule has 13 heteroatoms. The highest BCUT2D eigenvalue weighted by atomic mass is 19.1. The molecular weight excluding hydrogens is 559 g/mol. The molecule has 230 valence electrons. The van der Waals surface area contributed by atoms with Crippen LogP contribution in [0, 0.1) is 11.7 Å². The maximum atomic E-state index is 14.6. The van der Waals surface area contributed by atoms with Crippen LogP contribution in [0.2, 0.25) is 0 Å². The summed E-state index contributed by atoms with van der Waals surface area (Å²) < 4.78 is 39.2. The smallest absolute Gasteiger partial charge is 0.408 e. The van der Waals surface area contributed by atoms with Crippen LogP contribution in [0.15, 0.2) is 24.7 Å². The van der Waals surface area contributed by atoms with Crippen molar-refractivity contribution >= 4 is 23.5 Å². The standard InChI is InChI=1S/C30H37FN6O6/c1-5-40-28(38)20-13-33-37-15-24-26(35-25(20)37)36(22-7-6-8-23(22)42-24)14-18-11-19(31)12-32-27(18)41-16-21(17-9-10-17)34-29(39)43-30(2,3)4/h11-13,15,17,21-23H,5-10,14,16H2,1-4H3,(H,34,39)/t21-,22+,23-/m0/s1. The molecule has 0 aromatic carbocycles. The molecule has 1 aliphatic heterocycles. The number of alkyl carbamates (subject to hydrolysis) is 1. The van der Waals surface area contributed by atoms with Gasteiger partial charge in [-0.25, -0.2) is 28.5 Å². The van der Waals surface area contributed by atoms with E-state index in [1.54, 1.807) is 13.1 Å². The number of aromatic nitrogens is 4. The lowest BCUT2D eigenvalue weighted by molar-refractivity contribution is 0.0476. The van der Waals surface area contributed by atoms with Gasteiger partial charge in [0.05, 0.1) is 43.8 Å². The average Bonchev–Trinajstić information content (AvgIpc) is 3.54. The Hall–Kier alpha value is -4.16. The largest absolute Gasteiger partial charge is 0.483 e. The topological polar surface area (TPSA) is 129 Å². The number of carbonyl (C=O) groups is 2. The van der Waals surface area contributed by atoms with Crippen LogP contribution in [0.3, 0.4) is 0 Å². The molecule has 3 atom stereocenters. The van der Waals surface area contributed by atoms with E-state index in [1.807, 2.05) is 20.8 Å². The minimum atomic E-state index is -0.620. The van der Waals surface area contributed by atoms with E-state index < -0.39 is 23.5 Å². The second-order valence-electron chi connectivity index (χ2n) is 12.3. The molecular formula is C30H37FN6O6. The monoisotopic (exact) mass is 596 g/mol. The van der Waals surface area contributed by atoms with Gasteiger partial charge in [0.25, 0.3) is 0 Å². The number of esters is 1. The first-order chi connectivity index (χ1) is 20.6. The summed E-state index contributed by atoms with van der Waals surface area (Å²) in [6, 6.07) is 1.13. The molecule has 43 heavy (non-hydrogen) atoms. The average molecular weight is 597 g/mol. The van der Waals surface area contributed by atoms with Gasteiger partial charge in [-0.1, -0.05) is 0 Å². The molecule has 6 rings (SSSR count). The van der Waals surface area contributed by atoms with Crippen molar-refractivity contribution in [2.24, 2.45) is 5.92 Å². The van der Waals surface area contributed by atoms with E-state index >= 15 is 0 Å². The summed E-state index contributed by atoms with van der Waals surface area (Å²) in [6.45, 7) is 7.82. The number of anilines is 1. The number of nitrogens with one attached hydrogen (secondary N) is 1. The quantitative estimate of drug-likeness (QED) is 0.354. The maximum Gasteiger partial charge on any atom is 0.408 e. The van der Waals surface area contributed by atoms with Crippen LogP contribution >= 0.6 is 0 Å². The third-order valence-electron chi connectivity index (χ3n) is 7.83. The second-order valence-corrected chi connectivity index (χ2v) is 12.3. The number of amides is 1. The molecule has 1 amide bonds. The number of halogens is 1. The number of carbonyl (C=O) groups excluding carboxylic acids is 2. The lowest BCUT2D eigenvalue weighted by Crippen LogP contribution is -2.47. The molecule has 2 saturated carbocycles. The SMILES string of the molecule is CCOC(=O)c1cnn2cc3c(nc12)N(Cc1cc(F)cnc1OC[C@H](NC(=O)OC(C)(C)C)C1CC1)[C@@H]1CCC[C@@H]1O3. The zero-order chi connectivity index (χ0) is 30.3. The van der Waals surface area contributed by atoms with Gasteiger partial charge in [0.1, 0.15) is 29.7 Å². The molecule has 4 heterocycles. The molecule has 2 aliphatic carbocycles. The van der Waals surface area contributed by atoms with E-state index in [4.69, 9.17) is 23.9 Å². The highest BCUT2D eigenvalue weighted by molar-refractivity contribution is 5.96. The number of hydrogen-bond acceptors (Lipinski definition) is 10. The second kappa shape index (κ2) is 11.5. The highest BCUT2D eigenvalue weighted by Crippen LogP contribution is 2.42. The zero-order valence-electron chi connectivity index (χ0n) is 24.8. The van der Waals surface area contributed by atoms with Crippen molar-refractivity contribution < 1.29 is 32.9 Å². The molecule has 3 aromatic rings. The van der Waals surface area contributed by atoms with Crippen molar-refractivity contribution in [3.05, 3.63) is 41.6 Å². The van der Waals surface area contributed by atoms with Gasteiger partial charge in [0.2, 0.25) is 5.88 Å². The maximum absolute atomic E-state index is 14.6. The number of nitrogens with zero attached hydrogens (tertiary/aromatic N) is 5. The van der Waals surface area contributed by atoms with Crippen LogP contribution in [0.1, 0.15) is 75.7 Å². The molecule has 0 bridgehead atoms. The van der Waals surface area contributed by atoms with E-state index in [-0.39, 0.29) is 55.3 Å². The summed E-state index contributed by atoms with van der Waals surface area (Å²) >= 11 is 0. The van der Waals surface area contributed by atoms with Crippen LogP contribution in [0.25, 0.3) is 5.65 Å². The van der Waals surface area contributed by atoms with E-state index in [9.17, 15) is 14.0 Å². The Kier molecular flexibility index (Phi) is 7.74. The van der Waals surface area contributed by atoms with Crippen molar-refractivity contribution in [1.82, 2.24) is 24.9 Å². The van der Waals surface area contributed by atoms with Crippen LogP contribution in [0.4, 0.5) is 15.0 Å². The Morgan fingerprint density at radius 3 is 2.77 bits per heavy atom. The van der Waals surface area contributed by atoms with Crippen LogP contribution in [-0.4, -0.2) is 68.6 Å². The predicted octanol–water partition coefficient (Wildman–Crippen LogP) is 4.44. The molecule has 3 aliphatic rings. The Bertz CT molecular complexity index is 1520. The summed E-state index contributed by atoms with van der Waals surface area (Å²) in [5.74, 6) is 0.599. The van der Waals surface area contributed by atoms with Crippen molar-refractivity contribution in [2.75, 3.05) is 18.1 Å². The Labute approximate surface area is 248 Å². The Morgan fingerprint density at radius 2 is 2.02 bits per heavy atom. The van der Waals surface area contributed by atoms with Crippen molar-refractivity contribution in [1.29, 1.82) is 0 Å². The van der Waals surface area contributed by atoms with Gasteiger partial charge >= 0.3 is 12.1 Å². The fraction of sp³-hybridized carbons (Fsp3) is 0.567.